The molecule has 0 heterocycles. The molecule has 2 nitrogen and oxygen atoms in total. The molecule has 0 aromatic carbocycles. The second kappa shape index (κ2) is 7.89. The lowest BCUT2D eigenvalue weighted by atomic mass is 10.1. The molecule has 8 heteroatoms. The van der Waals surface area contributed by atoms with Crippen molar-refractivity contribution >= 4 is 17.9 Å². The van der Waals surface area contributed by atoms with Crippen LogP contribution in [0.3, 0.4) is 0 Å². The first-order chi connectivity index (χ1) is 11.7. The Balaban J connectivity index is 3.47. The zero-order chi connectivity index (χ0) is 20.5. The summed E-state index contributed by atoms with van der Waals surface area (Å²) in [7, 11) is -7.84. The fourth-order valence-electron chi connectivity index (χ4n) is 3.80. The van der Waals surface area contributed by atoms with Crippen LogP contribution < -0.4 is 0 Å². The number of hydrogen-bond acceptors (Lipinski definition) is 2. The largest absolute Gasteiger partial charge is 0.498 e. The number of hydrogen-bond donors (Lipinski definition) is 0. The van der Waals surface area contributed by atoms with Crippen LogP contribution in [0.2, 0.25) is 16.6 Å². The van der Waals surface area contributed by atoms with Gasteiger partial charge in [0.1, 0.15) is 19.2 Å². The molecule has 0 fully saturated rings. The molecule has 0 amide bonds. The van der Waals surface area contributed by atoms with E-state index in [-0.39, 0.29) is 22.2 Å². The zero-order valence-corrected chi connectivity index (χ0v) is 17.7. The summed E-state index contributed by atoms with van der Waals surface area (Å²) in [5.41, 5.74) is -1.75. The standard InChI is InChI=1S/C18H26F4O2SSi/c1-12(2)26(13(3)4,14(5)6)11-10-15-8-7-9-16(17(15)19)25(23,24)18(20,21)22/h7-8,12-14,16H,9H2,1-6H3. The summed E-state index contributed by atoms with van der Waals surface area (Å²) in [6, 6.07) is 0. The fourth-order valence-corrected chi connectivity index (χ4v) is 10.1. The van der Waals surface area contributed by atoms with E-state index in [1.165, 1.54) is 12.2 Å². The van der Waals surface area contributed by atoms with Crippen molar-refractivity contribution in [3.63, 3.8) is 0 Å². The lowest BCUT2D eigenvalue weighted by Gasteiger charge is -2.38. The molecule has 1 rings (SSSR count). The summed E-state index contributed by atoms with van der Waals surface area (Å²) in [5.74, 6) is 1.40. The fraction of sp³-hybridized carbons (Fsp3) is 0.667. The van der Waals surface area contributed by atoms with Crippen LogP contribution in [0.25, 0.3) is 0 Å². The van der Waals surface area contributed by atoms with Crippen LogP contribution >= 0.6 is 0 Å². The Bertz CT molecular complexity index is 729. The molecule has 1 unspecified atom stereocenters. The van der Waals surface area contributed by atoms with Gasteiger partial charge >= 0.3 is 5.51 Å². The van der Waals surface area contributed by atoms with Crippen molar-refractivity contribution in [1.29, 1.82) is 0 Å². The number of halogens is 4. The molecule has 0 spiro atoms. The van der Waals surface area contributed by atoms with E-state index in [0.717, 1.165) is 0 Å². The van der Waals surface area contributed by atoms with Gasteiger partial charge in [0.25, 0.3) is 9.84 Å². The molecule has 0 bridgehead atoms. The van der Waals surface area contributed by atoms with E-state index in [1.807, 2.05) is 0 Å². The van der Waals surface area contributed by atoms with Crippen molar-refractivity contribution in [3.05, 3.63) is 23.6 Å². The van der Waals surface area contributed by atoms with Crippen molar-refractivity contribution in [2.24, 2.45) is 0 Å². The van der Waals surface area contributed by atoms with Crippen LogP contribution in [0.5, 0.6) is 0 Å². The van der Waals surface area contributed by atoms with E-state index in [4.69, 9.17) is 0 Å². The molecule has 0 aromatic rings. The first-order valence-electron chi connectivity index (χ1n) is 8.59. The van der Waals surface area contributed by atoms with Gasteiger partial charge < -0.3 is 0 Å². The first kappa shape index (κ1) is 23.0. The first-order valence-corrected chi connectivity index (χ1v) is 12.4. The van der Waals surface area contributed by atoms with Crippen LogP contribution in [0, 0.1) is 11.5 Å². The Hall–Kier alpha value is -1.07. The highest BCUT2D eigenvalue weighted by Gasteiger charge is 2.52. The lowest BCUT2D eigenvalue weighted by molar-refractivity contribution is -0.0443. The second-order valence-electron chi connectivity index (χ2n) is 7.53. The Labute approximate surface area is 154 Å². The molecule has 1 atom stereocenters. The predicted molar refractivity (Wildman–Crippen MR) is 99.5 cm³/mol. The van der Waals surface area contributed by atoms with Gasteiger partial charge in [-0.15, -0.1) is 5.54 Å². The molecule has 148 valence electrons. The van der Waals surface area contributed by atoms with Crippen molar-refractivity contribution in [2.45, 2.75) is 75.3 Å². The highest BCUT2D eigenvalue weighted by atomic mass is 32.2. The topological polar surface area (TPSA) is 34.1 Å². The minimum Gasteiger partial charge on any atom is -0.219 e. The molecular weight excluding hydrogens is 384 g/mol. The maximum atomic E-state index is 14.6. The third-order valence-corrected chi connectivity index (χ3v) is 13.2. The van der Waals surface area contributed by atoms with Gasteiger partial charge in [-0.25, -0.2) is 12.8 Å². The molecule has 0 radical (unpaired) electrons. The quantitative estimate of drug-likeness (QED) is 0.339. The van der Waals surface area contributed by atoms with Gasteiger partial charge in [-0.05, 0) is 29.1 Å². The normalized spacial score (nSPS) is 19.3. The molecule has 0 saturated heterocycles. The second-order valence-corrected chi connectivity index (χ2v) is 15.2. The van der Waals surface area contributed by atoms with Crippen LogP contribution in [-0.4, -0.2) is 27.2 Å². The smallest absolute Gasteiger partial charge is 0.219 e. The average molecular weight is 411 g/mol. The summed E-state index contributed by atoms with van der Waals surface area (Å²) < 4.78 is 76.2. The lowest BCUT2D eigenvalue weighted by Crippen LogP contribution is -2.43. The van der Waals surface area contributed by atoms with Crippen LogP contribution in [-0.2, 0) is 9.84 Å². The summed E-state index contributed by atoms with van der Waals surface area (Å²) in [5, 5.41) is -2.25. The SMILES string of the molecule is CC(C)[Si](C#CC1=C(F)C(S(=O)(=O)C(F)(F)F)CC=C1)(C(C)C)C(C)C. The monoisotopic (exact) mass is 410 g/mol. The van der Waals surface area contributed by atoms with E-state index in [2.05, 4.69) is 53.0 Å². The van der Waals surface area contributed by atoms with Gasteiger partial charge in [-0.1, -0.05) is 53.5 Å². The van der Waals surface area contributed by atoms with Gasteiger partial charge in [-0.2, -0.15) is 13.2 Å². The highest BCUT2D eigenvalue weighted by molar-refractivity contribution is 7.93. The number of sulfone groups is 1. The molecular formula is C18H26F4O2SSi. The Morgan fingerprint density at radius 2 is 1.54 bits per heavy atom. The van der Waals surface area contributed by atoms with Crippen molar-refractivity contribution in [3.8, 4) is 11.5 Å². The Morgan fingerprint density at radius 1 is 1.08 bits per heavy atom. The number of alkyl halides is 3. The van der Waals surface area contributed by atoms with Gasteiger partial charge in [0.15, 0.2) is 0 Å². The molecule has 0 aliphatic heterocycles. The van der Waals surface area contributed by atoms with E-state index < -0.39 is 40.9 Å². The molecule has 1 aliphatic carbocycles. The Morgan fingerprint density at radius 3 is 1.92 bits per heavy atom. The minimum atomic E-state index is -5.62. The summed E-state index contributed by atoms with van der Waals surface area (Å²) >= 11 is 0. The van der Waals surface area contributed by atoms with Gasteiger partial charge in [-0.3, -0.25) is 0 Å². The number of allylic oxidation sites excluding steroid dienone is 3. The Kier molecular flexibility index (Phi) is 6.97. The molecule has 26 heavy (non-hydrogen) atoms. The third kappa shape index (κ3) is 4.09. The van der Waals surface area contributed by atoms with Crippen LogP contribution in [0.15, 0.2) is 23.6 Å². The number of rotatable bonds is 4. The highest BCUT2D eigenvalue weighted by Crippen LogP contribution is 2.41. The maximum Gasteiger partial charge on any atom is 0.498 e. The zero-order valence-electron chi connectivity index (χ0n) is 15.9. The van der Waals surface area contributed by atoms with E-state index in [1.54, 1.807) is 0 Å². The van der Waals surface area contributed by atoms with E-state index in [0.29, 0.717) is 0 Å². The molecule has 1 aliphatic rings. The van der Waals surface area contributed by atoms with Gasteiger partial charge in [0, 0.05) is 0 Å². The van der Waals surface area contributed by atoms with Crippen LogP contribution in [0.1, 0.15) is 48.0 Å². The predicted octanol–water partition coefficient (Wildman–Crippen LogP) is 5.69. The summed E-state index contributed by atoms with van der Waals surface area (Å²) in [4.78, 5) is 0. The summed E-state index contributed by atoms with van der Waals surface area (Å²) in [6.45, 7) is 12.3. The molecule has 0 N–H and O–H groups in total. The third-order valence-electron chi connectivity index (χ3n) is 5.15. The van der Waals surface area contributed by atoms with Crippen molar-refractivity contribution < 1.29 is 26.0 Å². The molecule has 0 saturated carbocycles. The van der Waals surface area contributed by atoms with Gasteiger partial charge in [0.05, 0.1) is 5.57 Å². The summed E-state index contributed by atoms with van der Waals surface area (Å²) in [6.07, 6.45) is 1.98. The van der Waals surface area contributed by atoms with Crippen molar-refractivity contribution in [1.82, 2.24) is 0 Å². The molecule has 0 aromatic heterocycles. The maximum absolute atomic E-state index is 14.6. The minimum absolute atomic E-state index is 0.257. The van der Waals surface area contributed by atoms with Crippen LogP contribution in [0.4, 0.5) is 17.6 Å². The van der Waals surface area contributed by atoms with Crippen molar-refractivity contribution in [2.75, 3.05) is 0 Å². The van der Waals surface area contributed by atoms with Gasteiger partial charge in [0.2, 0.25) is 0 Å². The average Bonchev–Trinajstić information content (AvgIpc) is 2.46. The van der Waals surface area contributed by atoms with E-state index in [9.17, 15) is 26.0 Å². The van der Waals surface area contributed by atoms with E-state index >= 15 is 0 Å².